The zero-order valence-corrected chi connectivity index (χ0v) is 14.2. The minimum absolute atomic E-state index is 0.0495. The van der Waals surface area contributed by atoms with Crippen LogP contribution in [0.4, 0.5) is 0 Å². The Balaban J connectivity index is 1.50. The lowest BCUT2D eigenvalue weighted by Gasteiger charge is -2.17. The van der Waals surface area contributed by atoms with Crippen LogP contribution in [-0.2, 0) is 4.79 Å². The van der Waals surface area contributed by atoms with Gasteiger partial charge in [-0.05, 0) is 43.2 Å². The molecule has 4 rings (SSSR count). The van der Waals surface area contributed by atoms with Gasteiger partial charge in [-0.2, -0.15) is 0 Å². The van der Waals surface area contributed by atoms with E-state index >= 15 is 0 Å². The molecule has 2 aromatic heterocycles. The van der Waals surface area contributed by atoms with Crippen molar-refractivity contribution in [1.29, 1.82) is 0 Å². The van der Waals surface area contributed by atoms with Crippen molar-refractivity contribution >= 4 is 23.0 Å². The van der Waals surface area contributed by atoms with Gasteiger partial charge in [-0.3, -0.25) is 9.78 Å². The Kier molecular flexibility index (Phi) is 4.06. The van der Waals surface area contributed by atoms with E-state index in [1.165, 1.54) is 0 Å². The number of carbonyl (C=O) groups excluding carboxylic acids is 1. The average molecular weight is 332 g/mol. The largest absolute Gasteiger partial charge is 0.337 e. The number of imidazole rings is 1. The van der Waals surface area contributed by atoms with E-state index in [4.69, 9.17) is 0 Å². The van der Waals surface area contributed by atoms with Crippen LogP contribution in [0.5, 0.6) is 0 Å². The van der Waals surface area contributed by atoms with Crippen LogP contribution in [-0.4, -0.2) is 38.4 Å². The van der Waals surface area contributed by atoms with Gasteiger partial charge >= 0.3 is 0 Å². The van der Waals surface area contributed by atoms with Gasteiger partial charge in [0.15, 0.2) is 0 Å². The van der Waals surface area contributed by atoms with Crippen molar-refractivity contribution in [3.8, 4) is 0 Å². The first-order valence-electron chi connectivity index (χ1n) is 8.53. The fourth-order valence-corrected chi connectivity index (χ4v) is 3.53. The maximum atomic E-state index is 12.5. The van der Waals surface area contributed by atoms with E-state index in [-0.39, 0.29) is 11.9 Å². The third-order valence-electron chi connectivity index (χ3n) is 4.72. The van der Waals surface area contributed by atoms with Gasteiger partial charge in [-0.25, -0.2) is 4.98 Å². The molecule has 1 aromatic carbocycles. The predicted molar refractivity (Wildman–Crippen MR) is 98.0 cm³/mol. The van der Waals surface area contributed by atoms with Gasteiger partial charge in [-0.15, -0.1) is 0 Å². The van der Waals surface area contributed by atoms with Crippen LogP contribution in [0.1, 0.15) is 23.9 Å². The topological polar surface area (TPSA) is 51.0 Å². The number of carbonyl (C=O) groups is 1. The summed E-state index contributed by atoms with van der Waals surface area (Å²) in [5, 5.41) is 0. The fraction of sp³-hybridized carbons (Fsp3) is 0.250. The summed E-state index contributed by atoms with van der Waals surface area (Å²) in [7, 11) is 0. The summed E-state index contributed by atoms with van der Waals surface area (Å²) >= 11 is 0. The number of rotatable bonds is 3. The van der Waals surface area contributed by atoms with Crippen LogP contribution in [0.25, 0.3) is 17.1 Å². The first-order valence-corrected chi connectivity index (χ1v) is 8.53. The third kappa shape index (κ3) is 3.05. The maximum absolute atomic E-state index is 12.5. The Morgan fingerprint density at radius 2 is 2.12 bits per heavy atom. The summed E-state index contributed by atoms with van der Waals surface area (Å²) in [6.45, 7) is 3.52. The molecule has 0 saturated carbocycles. The Labute approximate surface area is 146 Å². The highest BCUT2D eigenvalue weighted by Crippen LogP contribution is 2.28. The number of benzene rings is 1. The van der Waals surface area contributed by atoms with Crippen molar-refractivity contribution in [2.24, 2.45) is 0 Å². The van der Waals surface area contributed by atoms with E-state index < -0.39 is 0 Å². The maximum Gasteiger partial charge on any atom is 0.246 e. The van der Waals surface area contributed by atoms with E-state index in [9.17, 15) is 4.79 Å². The summed E-state index contributed by atoms with van der Waals surface area (Å²) in [5.74, 6) is 1.06. The number of hydrogen-bond acceptors (Lipinski definition) is 3. The number of hydrogen-bond donors (Lipinski definition) is 0. The van der Waals surface area contributed by atoms with Crippen molar-refractivity contribution in [2.45, 2.75) is 19.4 Å². The molecule has 1 fully saturated rings. The van der Waals surface area contributed by atoms with Crippen molar-refractivity contribution in [3.63, 3.8) is 0 Å². The van der Waals surface area contributed by atoms with Gasteiger partial charge in [0.25, 0.3) is 0 Å². The smallest absolute Gasteiger partial charge is 0.246 e. The Morgan fingerprint density at radius 1 is 1.24 bits per heavy atom. The van der Waals surface area contributed by atoms with Crippen LogP contribution in [0.3, 0.4) is 0 Å². The number of aromatic nitrogens is 3. The highest BCUT2D eigenvalue weighted by Gasteiger charge is 2.28. The van der Waals surface area contributed by atoms with Gasteiger partial charge in [0.05, 0.1) is 17.1 Å². The number of aryl methyl sites for hydroxylation is 1. The summed E-state index contributed by atoms with van der Waals surface area (Å²) < 4.78 is 2.27. The van der Waals surface area contributed by atoms with E-state index in [0.29, 0.717) is 0 Å². The fourth-order valence-electron chi connectivity index (χ4n) is 3.53. The molecule has 5 nitrogen and oxygen atoms in total. The van der Waals surface area contributed by atoms with Gasteiger partial charge in [0.2, 0.25) is 5.91 Å². The Bertz CT molecular complexity index is 929. The number of likely N-dealkylation sites (tertiary alicyclic amines) is 1. The van der Waals surface area contributed by atoms with Crippen molar-refractivity contribution in [1.82, 2.24) is 19.4 Å². The second-order valence-corrected chi connectivity index (χ2v) is 6.36. The number of fused-ring (bicyclic) bond motifs is 1. The molecule has 25 heavy (non-hydrogen) atoms. The molecule has 3 aromatic rings. The van der Waals surface area contributed by atoms with Crippen LogP contribution in [0, 0.1) is 6.92 Å². The third-order valence-corrected chi connectivity index (χ3v) is 4.72. The molecule has 1 aliphatic rings. The monoisotopic (exact) mass is 332 g/mol. The summed E-state index contributed by atoms with van der Waals surface area (Å²) in [5.41, 5.74) is 3.09. The first kappa shape index (κ1) is 15.6. The number of para-hydroxylation sites is 2. The number of pyridine rings is 1. The molecule has 1 saturated heterocycles. The highest BCUT2D eigenvalue weighted by molar-refractivity contribution is 5.92. The number of amides is 1. The summed E-state index contributed by atoms with van der Waals surface area (Å²) in [4.78, 5) is 23.1. The van der Waals surface area contributed by atoms with Gasteiger partial charge in [-0.1, -0.05) is 18.2 Å². The SMILES string of the molecule is Cc1nc2ccccc2n1C1CCN(C(=O)C=Cc2cccnc2)C1. The lowest BCUT2D eigenvalue weighted by molar-refractivity contribution is -0.125. The molecule has 0 bridgehead atoms. The molecule has 1 unspecified atom stereocenters. The van der Waals surface area contributed by atoms with Crippen molar-refractivity contribution in [2.75, 3.05) is 13.1 Å². The first-order chi connectivity index (χ1) is 12.2. The van der Waals surface area contributed by atoms with Crippen molar-refractivity contribution < 1.29 is 4.79 Å². The van der Waals surface area contributed by atoms with Gasteiger partial charge in [0, 0.05) is 31.6 Å². The molecule has 1 amide bonds. The molecular weight excluding hydrogens is 312 g/mol. The Morgan fingerprint density at radius 3 is 2.96 bits per heavy atom. The second kappa shape index (κ2) is 6.51. The zero-order chi connectivity index (χ0) is 17.2. The molecule has 0 radical (unpaired) electrons. The molecule has 0 N–H and O–H groups in total. The second-order valence-electron chi connectivity index (χ2n) is 6.36. The molecule has 5 heteroatoms. The quantitative estimate of drug-likeness (QED) is 0.692. The molecule has 0 spiro atoms. The number of nitrogens with zero attached hydrogens (tertiary/aromatic N) is 4. The van der Waals surface area contributed by atoms with E-state index in [1.807, 2.05) is 48.2 Å². The standard InChI is InChI=1S/C20H20N4O/c1-15-22-18-6-2-3-7-19(18)24(15)17-10-12-23(14-17)20(25)9-8-16-5-4-11-21-13-16/h2-9,11,13,17H,10,12,14H2,1H3. The van der Waals surface area contributed by atoms with E-state index in [2.05, 4.69) is 20.6 Å². The lowest BCUT2D eigenvalue weighted by atomic mass is 10.2. The minimum atomic E-state index is 0.0495. The zero-order valence-electron chi connectivity index (χ0n) is 14.2. The van der Waals surface area contributed by atoms with Crippen LogP contribution < -0.4 is 0 Å². The van der Waals surface area contributed by atoms with Crippen LogP contribution in [0.2, 0.25) is 0 Å². The molecule has 0 aliphatic carbocycles. The average Bonchev–Trinajstić information content (AvgIpc) is 3.24. The molecular formula is C20H20N4O. The van der Waals surface area contributed by atoms with Gasteiger partial charge in [0.1, 0.15) is 5.82 Å². The summed E-state index contributed by atoms with van der Waals surface area (Å²) in [6.07, 6.45) is 7.88. The Hall–Kier alpha value is -2.95. The van der Waals surface area contributed by atoms with Crippen LogP contribution in [0.15, 0.2) is 54.9 Å². The van der Waals surface area contributed by atoms with E-state index in [1.54, 1.807) is 18.5 Å². The summed E-state index contributed by atoms with van der Waals surface area (Å²) in [6, 6.07) is 12.3. The highest BCUT2D eigenvalue weighted by atomic mass is 16.2. The van der Waals surface area contributed by atoms with Crippen LogP contribution >= 0.6 is 0 Å². The van der Waals surface area contributed by atoms with E-state index in [0.717, 1.165) is 41.9 Å². The molecule has 3 heterocycles. The van der Waals surface area contributed by atoms with Gasteiger partial charge < -0.3 is 9.47 Å². The lowest BCUT2D eigenvalue weighted by Crippen LogP contribution is -2.27. The van der Waals surface area contributed by atoms with Crippen molar-refractivity contribution in [3.05, 3.63) is 66.3 Å². The molecule has 1 aliphatic heterocycles. The normalized spacial score (nSPS) is 17.6. The molecule has 1 atom stereocenters. The predicted octanol–water partition coefficient (Wildman–Crippen LogP) is 3.23. The molecule has 126 valence electrons. The minimum Gasteiger partial charge on any atom is -0.337 e.